The number of carbonyl (C=O) groups excluding carboxylic acids is 2. The van der Waals surface area contributed by atoms with E-state index in [1.165, 1.54) is 24.5 Å². The number of benzene rings is 2. The lowest BCUT2D eigenvalue weighted by Crippen LogP contribution is -2.14. The second-order valence-electron chi connectivity index (χ2n) is 6.36. The molecule has 0 saturated carbocycles. The van der Waals surface area contributed by atoms with Gasteiger partial charge in [-0.05, 0) is 35.9 Å². The Morgan fingerprint density at radius 1 is 1.14 bits per heavy atom. The number of rotatable bonds is 3. The Hall–Kier alpha value is -2.68. The predicted molar refractivity (Wildman–Crippen MR) is 111 cm³/mol. The summed E-state index contributed by atoms with van der Waals surface area (Å²) >= 11 is 7.16. The number of anilines is 1. The highest BCUT2D eigenvalue weighted by Crippen LogP contribution is 2.43. The third-order valence-electron chi connectivity index (χ3n) is 4.48. The minimum atomic E-state index is -3.54. The molecule has 1 aromatic heterocycles. The topological polar surface area (TPSA) is 89.5 Å². The molecule has 0 aliphatic carbocycles. The molecule has 0 atom stereocenters. The van der Waals surface area contributed by atoms with E-state index < -0.39 is 21.7 Å². The molecule has 0 spiro atoms. The molecule has 6 nitrogen and oxygen atoms in total. The molecule has 1 N–H and O–H groups in total. The van der Waals surface area contributed by atoms with E-state index in [1.807, 2.05) is 0 Å². The lowest BCUT2D eigenvalue weighted by atomic mass is 10.1. The van der Waals surface area contributed by atoms with Crippen molar-refractivity contribution in [3.05, 3.63) is 69.6 Å². The van der Waals surface area contributed by atoms with Crippen molar-refractivity contribution in [2.24, 2.45) is 0 Å². The van der Waals surface area contributed by atoms with Gasteiger partial charge < -0.3 is 10.1 Å². The van der Waals surface area contributed by atoms with E-state index in [-0.39, 0.29) is 16.2 Å². The fourth-order valence-corrected chi connectivity index (χ4v) is 6.28. The van der Waals surface area contributed by atoms with Crippen LogP contribution in [0, 0.1) is 0 Å². The van der Waals surface area contributed by atoms with Gasteiger partial charge in [-0.2, -0.15) is 0 Å². The van der Waals surface area contributed by atoms with Crippen molar-refractivity contribution < 1.29 is 22.7 Å². The van der Waals surface area contributed by atoms with Crippen molar-refractivity contribution in [1.29, 1.82) is 0 Å². The molecule has 0 fully saturated rings. The Bertz CT molecular complexity index is 1260. The SMILES string of the molecule is COC(=O)c1ccccc1NC(=O)c1cc2c(s1)-c1ccc(Cl)cc1S(=O)(=O)C2. The van der Waals surface area contributed by atoms with Gasteiger partial charge in [-0.15, -0.1) is 11.3 Å². The van der Waals surface area contributed by atoms with Crippen LogP contribution in [0.3, 0.4) is 0 Å². The van der Waals surface area contributed by atoms with Crippen molar-refractivity contribution in [2.45, 2.75) is 10.6 Å². The van der Waals surface area contributed by atoms with Crippen LogP contribution in [0.15, 0.2) is 53.4 Å². The number of hydrogen-bond donors (Lipinski definition) is 1. The number of fused-ring (bicyclic) bond motifs is 3. The van der Waals surface area contributed by atoms with Gasteiger partial charge in [0.25, 0.3) is 5.91 Å². The van der Waals surface area contributed by atoms with E-state index in [0.29, 0.717) is 26.7 Å². The van der Waals surface area contributed by atoms with Crippen LogP contribution in [-0.4, -0.2) is 27.4 Å². The number of sulfone groups is 1. The van der Waals surface area contributed by atoms with Gasteiger partial charge in [-0.1, -0.05) is 29.8 Å². The number of amides is 1. The normalized spacial score (nSPS) is 13.9. The number of hydrogen-bond acceptors (Lipinski definition) is 6. The Morgan fingerprint density at radius 2 is 1.90 bits per heavy atom. The minimum Gasteiger partial charge on any atom is -0.465 e. The lowest BCUT2D eigenvalue weighted by Gasteiger charge is -2.16. The summed E-state index contributed by atoms with van der Waals surface area (Å²) in [5.41, 5.74) is 1.65. The smallest absolute Gasteiger partial charge is 0.339 e. The first-order valence-electron chi connectivity index (χ1n) is 8.44. The van der Waals surface area contributed by atoms with Crippen molar-refractivity contribution in [1.82, 2.24) is 0 Å². The molecule has 0 bridgehead atoms. The maximum atomic E-state index is 12.8. The fourth-order valence-electron chi connectivity index (χ4n) is 3.16. The van der Waals surface area contributed by atoms with Crippen molar-refractivity contribution in [3.63, 3.8) is 0 Å². The third kappa shape index (κ3) is 3.55. The maximum Gasteiger partial charge on any atom is 0.339 e. The number of halogens is 1. The van der Waals surface area contributed by atoms with Crippen LogP contribution in [-0.2, 0) is 20.3 Å². The number of para-hydroxylation sites is 1. The summed E-state index contributed by atoms with van der Waals surface area (Å²) in [6.45, 7) is 0. The molecular weight excluding hydrogens is 434 g/mol. The van der Waals surface area contributed by atoms with Crippen molar-refractivity contribution >= 4 is 50.3 Å². The van der Waals surface area contributed by atoms with E-state index >= 15 is 0 Å². The number of esters is 1. The van der Waals surface area contributed by atoms with Gasteiger partial charge in [-0.3, -0.25) is 4.79 Å². The summed E-state index contributed by atoms with van der Waals surface area (Å²) in [6.07, 6.45) is 0. The number of ether oxygens (including phenoxy) is 1. The third-order valence-corrected chi connectivity index (χ3v) is 7.63. The molecule has 0 radical (unpaired) electrons. The molecule has 1 amide bonds. The second kappa shape index (κ2) is 7.29. The monoisotopic (exact) mass is 447 g/mol. The minimum absolute atomic E-state index is 0.169. The molecule has 9 heteroatoms. The summed E-state index contributed by atoms with van der Waals surface area (Å²) in [6, 6.07) is 12.8. The molecule has 29 heavy (non-hydrogen) atoms. The molecular formula is C20H14ClNO5S2. The molecule has 0 unspecified atom stereocenters. The number of nitrogens with one attached hydrogen (secondary N) is 1. The highest BCUT2D eigenvalue weighted by molar-refractivity contribution is 7.91. The molecule has 148 valence electrons. The number of thiophene rings is 1. The first kappa shape index (κ1) is 19.6. The molecule has 0 saturated heterocycles. The number of methoxy groups -OCH3 is 1. The van der Waals surface area contributed by atoms with E-state index in [9.17, 15) is 18.0 Å². The van der Waals surface area contributed by atoms with Crippen LogP contribution in [0.25, 0.3) is 10.4 Å². The van der Waals surface area contributed by atoms with Gasteiger partial charge in [0.2, 0.25) is 0 Å². The summed E-state index contributed by atoms with van der Waals surface area (Å²) in [7, 11) is -2.28. The van der Waals surface area contributed by atoms with Gasteiger partial charge in [0.15, 0.2) is 9.84 Å². The van der Waals surface area contributed by atoms with Gasteiger partial charge in [-0.25, -0.2) is 13.2 Å². The largest absolute Gasteiger partial charge is 0.465 e. The highest BCUT2D eigenvalue weighted by Gasteiger charge is 2.31. The van der Waals surface area contributed by atoms with Gasteiger partial charge in [0.1, 0.15) is 0 Å². The van der Waals surface area contributed by atoms with Crippen LogP contribution in [0.4, 0.5) is 5.69 Å². The lowest BCUT2D eigenvalue weighted by molar-refractivity contribution is 0.0602. The zero-order chi connectivity index (χ0) is 20.8. The summed E-state index contributed by atoms with van der Waals surface area (Å²) in [4.78, 5) is 25.9. The van der Waals surface area contributed by atoms with Crippen LogP contribution in [0.1, 0.15) is 25.6 Å². The van der Waals surface area contributed by atoms with Gasteiger partial charge in [0.05, 0.1) is 33.9 Å². The number of carbonyl (C=O) groups is 2. The fraction of sp³-hybridized carbons (Fsp3) is 0.100. The Labute approximate surface area is 176 Å². The van der Waals surface area contributed by atoms with Crippen LogP contribution in [0.5, 0.6) is 0 Å². The van der Waals surface area contributed by atoms with E-state index in [0.717, 1.165) is 4.88 Å². The first-order valence-corrected chi connectivity index (χ1v) is 11.3. The molecule has 2 heterocycles. The average Bonchev–Trinajstić information content (AvgIpc) is 3.11. The Balaban J connectivity index is 1.71. The Kier molecular flexibility index (Phi) is 4.94. The zero-order valence-electron chi connectivity index (χ0n) is 15.1. The van der Waals surface area contributed by atoms with E-state index in [4.69, 9.17) is 16.3 Å². The van der Waals surface area contributed by atoms with Crippen molar-refractivity contribution in [3.8, 4) is 10.4 Å². The average molecular weight is 448 g/mol. The Morgan fingerprint density at radius 3 is 2.66 bits per heavy atom. The summed E-state index contributed by atoms with van der Waals surface area (Å²) in [5.74, 6) is -1.20. The molecule has 3 aromatic rings. The maximum absolute atomic E-state index is 12.8. The summed E-state index contributed by atoms with van der Waals surface area (Å²) < 4.78 is 29.9. The van der Waals surface area contributed by atoms with Crippen LogP contribution < -0.4 is 5.32 Å². The molecule has 1 aliphatic rings. The standard InChI is InChI=1S/C20H14ClNO5S2/c1-27-20(24)13-4-2-3-5-15(13)22-19(23)16-8-11-10-29(25,26)17-9-12(21)6-7-14(17)18(11)28-16/h2-9H,10H2,1H3,(H,22,23). The molecule has 2 aromatic carbocycles. The quantitative estimate of drug-likeness (QED) is 0.601. The van der Waals surface area contributed by atoms with Gasteiger partial charge >= 0.3 is 5.97 Å². The van der Waals surface area contributed by atoms with E-state index in [1.54, 1.807) is 42.5 Å². The van der Waals surface area contributed by atoms with Gasteiger partial charge in [0, 0.05) is 15.5 Å². The van der Waals surface area contributed by atoms with Crippen molar-refractivity contribution in [2.75, 3.05) is 12.4 Å². The molecule has 4 rings (SSSR count). The van der Waals surface area contributed by atoms with Crippen LogP contribution >= 0.6 is 22.9 Å². The van der Waals surface area contributed by atoms with Crippen LogP contribution in [0.2, 0.25) is 5.02 Å². The molecule has 1 aliphatic heterocycles. The predicted octanol–water partition coefficient (Wildman–Crippen LogP) is 4.39. The zero-order valence-corrected chi connectivity index (χ0v) is 17.5. The van der Waals surface area contributed by atoms with E-state index in [2.05, 4.69) is 5.32 Å². The highest BCUT2D eigenvalue weighted by atomic mass is 35.5. The summed E-state index contributed by atoms with van der Waals surface area (Å²) in [5, 5.41) is 3.04. The second-order valence-corrected chi connectivity index (χ2v) is 9.80. The first-order chi connectivity index (χ1) is 13.8.